The number of ether oxygens (including phenoxy) is 2. The SMILES string of the molecule is COc1cccc(-c2nc(CO[C@@H]3CCC[C@H](C(=O)N[C@H](C(=O)O)C(C)C)C3)c(-c3ccccc3)o2)c1. The summed E-state index contributed by atoms with van der Waals surface area (Å²) in [5.74, 6) is 0.121. The molecular formula is C29H34N2O6. The Morgan fingerprint density at radius 2 is 1.86 bits per heavy atom. The van der Waals surface area contributed by atoms with Crippen LogP contribution in [0.4, 0.5) is 0 Å². The maximum Gasteiger partial charge on any atom is 0.326 e. The lowest BCUT2D eigenvalue weighted by atomic mass is 9.86. The quantitative estimate of drug-likeness (QED) is 0.383. The van der Waals surface area contributed by atoms with E-state index in [2.05, 4.69) is 5.32 Å². The minimum Gasteiger partial charge on any atom is -0.497 e. The normalized spacial score (nSPS) is 18.4. The number of aromatic nitrogens is 1. The summed E-state index contributed by atoms with van der Waals surface area (Å²) in [5, 5.41) is 12.1. The van der Waals surface area contributed by atoms with E-state index in [-0.39, 0.29) is 30.5 Å². The molecular weight excluding hydrogens is 472 g/mol. The number of amides is 1. The molecule has 8 heteroatoms. The molecule has 2 N–H and O–H groups in total. The molecule has 1 aliphatic carbocycles. The van der Waals surface area contributed by atoms with Crippen LogP contribution in [0.25, 0.3) is 22.8 Å². The van der Waals surface area contributed by atoms with E-state index in [0.717, 1.165) is 30.4 Å². The van der Waals surface area contributed by atoms with Crippen LogP contribution < -0.4 is 10.1 Å². The van der Waals surface area contributed by atoms with Crippen molar-refractivity contribution in [3.05, 3.63) is 60.3 Å². The molecule has 0 radical (unpaired) electrons. The largest absolute Gasteiger partial charge is 0.497 e. The molecule has 1 heterocycles. The van der Waals surface area contributed by atoms with Crippen LogP contribution in [0, 0.1) is 11.8 Å². The van der Waals surface area contributed by atoms with E-state index < -0.39 is 12.0 Å². The molecule has 4 rings (SSSR count). The van der Waals surface area contributed by atoms with Crippen LogP contribution >= 0.6 is 0 Å². The lowest BCUT2D eigenvalue weighted by molar-refractivity contribution is -0.144. The van der Waals surface area contributed by atoms with E-state index >= 15 is 0 Å². The van der Waals surface area contributed by atoms with Gasteiger partial charge >= 0.3 is 5.97 Å². The summed E-state index contributed by atoms with van der Waals surface area (Å²) in [5.41, 5.74) is 2.38. The molecule has 1 aromatic heterocycles. The zero-order chi connectivity index (χ0) is 26.4. The summed E-state index contributed by atoms with van der Waals surface area (Å²) in [7, 11) is 1.62. The number of aliphatic carboxylic acids is 1. The highest BCUT2D eigenvalue weighted by atomic mass is 16.5. The van der Waals surface area contributed by atoms with Gasteiger partial charge in [0.1, 0.15) is 17.5 Å². The van der Waals surface area contributed by atoms with Gasteiger partial charge in [-0.3, -0.25) is 4.79 Å². The van der Waals surface area contributed by atoms with Gasteiger partial charge in [-0.25, -0.2) is 9.78 Å². The number of carbonyl (C=O) groups excluding carboxylic acids is 1. The fraction of sp³-hybridized carbons (Fsp3) is 0.414. The van der Waals surface area contributed by atoms with Crippen LogP contribution in [0.5, 0.6) is 5.75 Å². The smallest absolute Gasteiger partial charge is 0.326 e. The molecule has 2 aromatic carbocycles. The molecule has 1 amide bonds. The molecule has 0 unspecified atom stereocenters. The van der Waals surface area contributed by atoms with E-state index in [4.69, 9.17) is 18.9 Å². The van der Waals surface area contributed by atoms with Gasteiger partial charge in [0.2, 0.25) is 11.8 Å². The first kappa shape index (κ1) is 26.4. The Labute approximate surface area is 217 Å². The number of methoxy groups -OCH3 is 1. The van der Waals surface area contributed by atoms with Crippen LogP contribution in [-0.2, 0) is 20.9 Å². The zero-order valence-electron chi connectivity index (χ0n) is 21.5. The van der Waals surface area contributed by atoms with Crippen LogP contribution in [-0.4, -0.2) is 41.2 Å². The zero-order valence-corrected chi connectivity index (χ0v) is 21.5. The minimum atomic E-state index is -1.02. The average Bonchev–Trinajstić information content (AvgIpc) is 3.35. The topological polar surface area (TPSA) is 111 Å². The Kier molecular flexibility index (Phi) is 8.61. The van der Waals surface area contributed by atoms with Crippen molar-refractivity contribution in [2.75, 3.05) is 7.11 Å². The molecule has 1 aliphatic rings. The summed E-state index contributed by atoms with van der Waals surface area (Å²) in [4.78, 5) is 29.1. The van der Waals surface area contributed by atoms with E-state index in [1.807, 2.05) is 54.6 Å². The van der Waals surface area contributed by atoms with Gasteiger partial charge in [-0.15, -0.1) is 0 Å². The number of carbonyl (C=O) groups is 2. The molecule has 8 nitrogen and oxygen atoms in total. The highest BCUT2D eigenvalue weighted by molar-refractivity contribution is 5.85. The predicted molar refractivity (Wildman–Crippen MR) is 139 cm³/mol. The lowest BCUT2D eigenvalue weighted by Gasteiger charge is -2.29. The Balaban J connectivity index is 1.48. The molecule has 0 spiro atoms. The van der Waals surface area contributed by atoms with Crippen LogP contribution in [0.2, 0.25) is 0 Å². The first-order valence-electron chi connectivity index (χ1n) is 12.7. The minimum absolute atomic E-state index is 0.132. The third kappa shape index (κ3) is 6.57. The van der Waals surface area contributed by atoms with Crippen molar-refractivity contribution in [1.29, 1.82) is 0 Å². The number of oxazole rings is 1. The van der Waals surface area contributed by atoms with E-state index in [1.165, 1.54) is 0 Å². The van der Waals surface area contributed by atoms with Gasteiger partial charge in [0, 0.05) is 17.0 Å². The second kappa shape index (κ2) is 12.1. The van der Waals surface area contributed by atoms with Crippen LogP contribution in [0.15, 0.2) is 59.0 Å². The summed E-state index contributed by atoms with van der Waals surface area (Å²) in [6.07, 6.45) is 2.79. The monoisotopic (exact) mass is 506 g/mol. The summed E-state index contributed by atoms with van der Waals surface area (Å²) >= 11 is 0. The molecule has 3 aromatic rings. The number of rotatable bonds is 10. The maximum absolute atomic E-state index is 12.8. The van der Waals surface area contributed by atoms with E-state index in [9.17, 15) is 14.7 Å². The first-order chi connectivity index (χ1) is 17.9. The van der Waals surface area contributed by atoms with Gasteiger partial charge < -0.3 is 24.3 Å². The average molecular weight is 507 g/mol. The number of hydrogen-bond acceptors (Lipinski definition) is 6. The fourth-order valence-corrected chi connectivity index (χ4v) is 4.66. The summed E-state index contributed by atoms with van der Waals surface area (Å²) < 4.78 is 17.8. The van der Waals surface area contributed by atoms with Crippen molar-refractivity contribution in [1.82, 2.24) is 10.3 Å². The molecule has 0 bridgehead atoms. The fourth-order valence-electron chi connectivity index (χ4n) is 4.66. The van der Waals surface area contributed by atoms with E-state index in [1.54, 1.807) is 21.0 Å². The Morgan fingerprint density at radius 1 is 1.11 bits per heavy atom. The molecule has 3 atom stereocenters. The highest BCUT2D eigenvalue weighted by Crippen LogP contribution is 2.33. The Bertz CT molecular complexity index is 1210. The van der Waals surface area contributed by atoms with E-state index in [0.29, 0.717) is 29.5 Å². The number of benzene rings is 2. The third-order valence-corrected chi connectivity index (χ3v) is 6.73. The first-order valence-corrected chi connectivity index (χ1v) is 12.7. The molecule has 196 valence electrons. The van der Waals surface area contributed by atoms with Gasteiger partial charge in [-0.2, -0.15) is 0 Å². The molecule has 0 aliphatic heterocycles. The number of nitrogens with zero attached hydrogens (tertiary/aromatic N) is 1. The van der Waals surface area contributed by atoms with Gasteiger partial charge in [0.25, 0.3) is 0 Å². The number of carboxylic acids is 1. The van der Waals surface area contributed by atoms with Crippen molar-refractivity contribution < 1.29 is 28.6 Å². The predicted octanol–water partition coefficient (Wildman–Crippen LogP) is 5.32. The maximum atomic E-state index is 12.8. The van der Waals surface area contributed by atoms with Gasteiger partial charge in [-0.05, 0) is 43.4 Å². The van der Waals surface area contributed by atoms with Crippen molar-refractivity contribution >= 4 is 11.9 Å². The summed E-state index contributed by atoms with van der Waals surface area (Å²) in [6, 6.07) is 16.4. The standard InChI is InChI=1S/C29H34N2O6/c1-18(2)25(29(33)34)31-27(32)20-11-7-14-23(15-20)36-17-24-26(19-9-5-4-6-10-19)37-28(30-24)21-12-8-13-22(16-21)35-3/h4-6,8-10,12-13,16,18,20,23,25H,7,11,14-15,17H2,1-3H3,(H,31,32)(H,33,34)/t20-,23+,25-/m0/s1. The van der Waals surface area contributed by atoms with Gasteiger partial charge in [0.05, 0.1) is 19.8 Å². The molecule has 37 heavy (non-hydrogen) atoms. The lowest BCUT2D eigenvalue weighted by Crippen LogP contribution is -2.47. The second-order valence-electron chi connectivity index (χ2n) is 9.76. The second-order valence-corrected chi connectivity index (χ2v) is 9.76. The van der Waals surface area contributed by atoms with Gasteiger partial charge in [-0.1, -0.05) is 56.7 Å². The third-order valence-electron chi connectivity index (χ3n) is 6.73. The number of hydrogen-bond donors (Lipinski definition) is 2. The van der Waals surface area contributed by atoms with Crippen molar-refractivity contribution in [3.63, 3.8) is 0 Å². The summed E-state index contributed by atoms with van der Waals surface area (Å²) in [6.45, 7) is 3.81. The molecule has 1 saturated carbocycles. The molecule has 1 fully saturated rings. The highest BCUT2D eigenvalue weighted by Gasteiger charge is 2.32. The molecule has 0 saturated heterocycles. The number of carboxylic acid groups (broad SMARTS) is 1. The van der Waals surface area contributed by atoms with Crippen molar-refractivity contribution in [3.8, 4) is 28.5 Å². The van der Waals surface area contributed by atoms with Gasteiger partial charge in [0.15, 0.2) is 5.76 Å². The van der Waals surface area contributed by atoms with Crippen molar-refractivity contribution in [2.45, 2.75) is 58.3 Å². The van der Waals surface area contributed by atoms with Crippen LogP contribution in [0.3, 0.4) is 0 Å². The Hall–Kier alpha value is -3.65. The Morgan fingerprint density at radius 3 is 2.57 bits per heavy atom. The van der Waals surface area contributed by atoms with Crippen molar-refractivity contribution in [2.24, 2.45) is 11.8 Å². The van der Waals surface area contributed by atoms with Crippen LogP contribution in [0.1, 0.15) is 45.2 Å². The number of nitrogens with one attached hydrogen (secondary N) is 1.